The third-order valence-electron chi connectivity index (χ3n) is 2.13. The van der Waals surface area contributed by atoms with Crippen LogP contribution in [0.2, 0.25) is 0 Å². The second-order valence-corrected chi connectivity index (χ2v) is 4.50. The van der Waals surface area contributed by atoms with E-state index in [-0.39, 0.29) is 17.1 Å². The van der Waals surface area contributed by atoms with Crippen molar-refractivity contribution in [1.29, 1.82) is 0 Å². The molecule has 6 nitrogen and oxygen atoms in total. The van der Waals surface area contributed by atoms with Crippen LogP contribution in [-0.4, -0.2) is 27.8 Å². The van der Waals surface area contributed by atoms with Gasteiger partial charge in [0.15, 0.2) is 0 Å². The molecule has 3 N–H and O–H groups in total. The maximum Gasteiger partial charge on any atom is 0.321 e. The number of carboxylic acids is 1. The summed E-state index contributed by atoms with van der Waals surface area (Å²) in [5, 5.41) is 19.1. The molecule has 1 aromatic rings. The predicted octanol–water partition coefficient (Wildman–Crippen LogP) is 1.38. The third kappa shape index (κ3) is 3.67. The smallest absolute Gasteiger partial charge is 0.321 e. The van der Waals surface area contributed by atoms with Crippen molar-refractivity contribution in [3.8, 4) is 0 Å². The highest BCUT2D eigenvalue weighted by atomic mass is 32.2. The Balaban J connectivity index is 2.66. The van der Waals surface area contributed by atoms with Crippen molar-refractivity contribution < 1.29 is 19.2 Å². The number of hydrogen-bond acceptors (Lipinski definition) is 5. The van der Waals surface area contributed by atoms with Crippen molar-refractivity contribution >= 4 is 23.4 Å². The molecule has 0 amide bonds. The Morgan fingerprint density at radius 2 is 2.28 bits per heavy atom. The van der Waals surface area contributed by atoms with E-state index in [2.05, 4.69) is 0 Å². The number of thioether (sulfide) groups is 1. The largest absolute Gasteiger partial charge is 0.480 e. The summed E-state index contributed by atoms with van der Waals surface area (Å²) in [6.07, 6.45) is 0. The summed E-state index contributed by atoms with van der Waals surface area (Å²) in [6.45, 7) is 0. The SMILES string of the molecule is N[C@H](CSCc1cccc([N+](=O)[O-])c1F)C(=O)O. The zero-order chi connectivity index (χ0) is 13.7. The number of carbonyl (C=O) groups is 1. The molecule has 0 aliphatic carbocycles. The lowest BCUT2D eigenvalue weighted by Crippen LogP contribution is -2.32. The minimum Gasteiger partial charge on any atom is -0.480 e. The minimum absolute atomic E-state index is 0.109. The minimum atomic E-state index is -1.14. The first-order chi connectivity index (χ1) is 8.43. The molecule has 0 saturated heterocycles. The molecule has 1 atom stereocenters. The summed E-state index contributed by atoms with van der Waals surface area (Å²) >= 11 is 1.11. The number of nitrogens with two attached hydrogens (primary N) is 1. The number of nitrogens with zero attached hydrogens (tertiary/aromatic N) is 1. The van der Waals surface area contributed by atoms with E-state index in [1.165, 1.54) is 12.1 Å². The van der Waals surface area contributed by atoms with E-state index in [9.17, 15) is 19.3 Å². The van der Waals surface area contributed by atoms with Crippen LogP contribution in [0.5, 0.6) is 0 Å². The monoisotopic (exact) mass is 274 g/mol. The molecule has 0 aliphatic rings. The van der Waals surface area contributed by atoms with Crippen LogP contribution in [-0.2, 0) is 10.5 Å². The Morgan fingerprint density at radius 1 is 1.61 bits per heavy atom. The molecule has 0 radical (unpaired) electrons. The van der Waals surface area contributed by atoms with Crippen LogP contribution in [0.25, 0.3) is 0 Å². The number of rotatable bonds is 6. The highest BCUT2D eigenvalue weighted by Gasteiger charge is 2.18. The maximum absolute atomic E-state index is 13.6. The van der Waals surface area contributed by atoms with Crippen molar-refractivity contribution in [3.63, 3.8) is 0 Å². The molecule has 0 saturated carbocycles. The van der Waals surface area contributed by atoms with Gasteiger partial charge in [-0.1, -0.05) is 12.1 Å². The Morgan fingerprint density at radius 3 is 2.83 bits per heavy atom. The normalized spacial score (nSPS) is 12.1. The van der Waals surface area contributed by atoms with E-state index >= 15 is 0 Å². The summed E-state index contributed by atoms with van der Waals surface area (Å²) < 4.78 is 13.6. The summed E-state index contributed by atoms with van der Waals surface area (Å²) in [4.78, 5) is 20.2. The molecule has 98 valence electrons. The van der Waals surface area contributed by atoms with Gasteiger partial charge in [0, 0.05) is 23.1 Å². The lowest BCUT2D eigenvalue weighted by atomic mass is 10.2. The fraction of sp³-hybridized carbons (Fsp3) is 0.300. The molecule has 0 spiro atoms. The number of aliphatic carboxylic acids is 1. The second kappa shape index (κ2) is 6.31. The molecule has 1 rings (SSSR count). The quantitative estimate of drug-likeness (QED) is 0.599. The fourth-order valence-corrected chi connectivity index (χ4v) is 2.14. The Kier molecular flexibility index (Phi) is 5.05. The number of nitro benzene ring substituents is 1. The van der Waals surface area contributed by atoms with Crippen LogP contribution in [0.15, 0.2) is 18.2 Å². The van der Waals surface area contributed by atoms with E-state index < -0.39 is 28.4 Å². The Labute approximate surface area is 106 Å². The van der Waals surface area contributed by atoms with Crippen molar-refractivity contribution in [1.82, 2.24) is 0 Å². The van der Waals surface area contributed by atoms with Crippen LogP contribution in [0.1, 0.15) is 5.56 Å². The predicted molar refractivity (Wildman–Crippen MR) is 64.8 cm³/mol. The zero-order valence-corrected chi connectivity index (χ0v) is 10.0. The van der Waals surface area contributed by atoms with Gasteiger partial charge in [0.05, 0.1) is 4.92 Å². The molecule has 18 heavy (non-hydrogen) atoms. The molecule has 0 heterocycles. The first-order valence-electron chi connectivity index (χ1n) is 4.91. The number of carboxylic acid groups (broad SMARTS) is 1. The highest BCUT2D eigenvalue weighted by Crippen LogP contribution is 2.23. The van der Waals surface area contributed by atoms with Gasteiger partial charge in [0.25, 0.3) is 0 Å². The first kappa shape index (κ1) is 14.4. The van der Waals surface area contributed by atoms with Crippen LogP contribution < -0.4 is 5.73 Å². The van der Waals surface area contributed by atoms with Gasteiger partial charge < -0.3 is 10.8 Å². The fourth-order valence-electron chi connectivity index (χ4n) is 1.19. The summed E-state index contributed by atoms with van der Waals surface area (Å²) in [5.41, 5.74) is 4.85. The molecule has 0 aliphatic heterocycles. The van der Waals surface area contributed by atoms with E-state index in [4.69, 9.17) is 10.8 Å². The topological polar surface area (TPSA) is 106 Å². The van der Waals surface area contributed by atoms with Crippen LogP contribution in [0, 0.1) is 15.9 Å². The summed E-state index contributed by atoms with van der Waals surface area (Å²) in [7, 11) is 0. The van der Waals surface area contributed by atoms with Gasteiger partial charge >= 0.3 is 11.7 Å². The second-order valence-electron chi connectivity index (χ2n) is 3.47. The van der Waals surface area contributed by atoms with Crippen LogP contribution in [0.4, 0.5) is 10.1 Å². The molecular weight excluding hydrogens is 263 g/mol. The van der Waals surface area contributed by atoms with Gasteiger partial charge in [-0.25, -0.2) is 0 Å². The number of hydrogen-bond donors (Lipinski definition) is 2. The standard InChI is InChI=1S/C10H11FN2O4S/c11-9-6(2-1-3-8(9)13(16)17)4-18-5-7(12)10(14)15/h1-3,7H,4-5,12H2,(H,14,15)/t7-/m1/s1. The van der Waals surface area contributed by atoms with Crippen molar-refractivity contribution in [2.75, 3.05) is 5.75 Å². The van der Waals surface area contributed by atoms with Crippen molar-refractivity contribution in [3.05, 3.63) is 39.7 Å². The molecule has 0 bridgehead atoms. The number of nitro groups is 1. The van der Waals surface area contributed by atoms with Crippen LogP contribution in [0.3, 0.4) is 0 Å². The van der Waals surface area contributed by atoms with Gasteiger partial charge in [-0.15, -0.1) is 0 Å². The number of halogens is 1. The highest BCUT2D eigenvalue weighted by molar-refractivity contribution is 7.98. The lowest BCUT2D eigenvalue weighted by Gasteiger charge is -2.06. The molecule has 0 aromatic heterocycles. The molecule has 8 heteroatoms. The zero-order valence-electron chi connectivity index (χ0n) is 9.21. The lowest BCUT2D eigenvalue weighted by molar-refractivity contribution is -0.387. The van der Waals surface area contributed by atoms with E-state index in [0.717, 1.165) is 17.8 Å². The van der Waals surface area contributed by atoms with Gasteiger partial charge in [0.2, 0.25) is 5.82 Å². The van der Waals surface area contributed by atoms with Crippen LogP contribution >= 0.6 is 11.8 Å². The van der Waals surface area contributed by atoms with Gasteiger partial charge in [0.1, 0.15) is 6.04 Å². The maximum atomic E-state index is 13.6. The molecule has 0 fully saturated rings. The van der Waals surface area contributed by atoms with Crippen molar-refractivity contribution in [2.24, 2.45) is 5.73 Å². The molecule has 0 unspecified atom stereocenters. The summed E-state index contributed by atoms with van der Waals surface area (Å²) in [6, 6.07) is 2.85. The molecule has 1 aromatic carbocycles. The number of benzene rings is 1. The van der Waals surface area contributed by atoms with E-state index in [0.29, 0.717) is 0 Å². The van der Waals surface area contributed by atoms with Gasteiger partial charge in [-0.2, -0.15) is 16.2 Å². The third-order valence-corrected chi connectivity index (χ3v) is 3.24. The Hall–Kier alpha value is -1.67. The van der Waals surface area contributed by atoms with E-state index in [1.807, 2.05) is 0 Å². The van der Waals surface area contributed by atoms with Crippen molar-refractivity contribution in [2.45, 2.75) is 11.8 Å². The molecular formula is C10H11FN2O4S. The average Bonchev–Trinajstić information content (AvgIpc) is 2.30. The van der Waals surface area contributed by atoms with Gasteiger partial charge in [-0.05, 0) is 0 Å². The first-order valence-corrected chi connectivity index (χ1v) is 6.07. The van der Waals surface area contributed by atoms with E-state index in [1.54, 1.807) is 0 Å². The summed E-state index contributed by atoms with van der Waals surface area (Å²) in [5.74, 6) is -1.78. The average molecular weight is 274 g/mol. The van der Waals surface area contributed by atoms with Gasteiger partial charge in [-0.3, -0.25) is 14.9 Å². The Bertz CT molecular complexity index is 469.